The van der Waals surface area contributed by atoms with Crippen LogP contribution in [-0.4, -0.2) is 17.6 Å². The Morgan fingerprint density at radius 2 is 1.67 bits per heavy atom. The normalized spacial score (nSPS) is 16.8. The van der Waals surface area contributed by atoms with Gasteiger partial charge in [-0.1, -0.05) is 61.3 Å². The SMILES string of the molecule is CCCCC(SC)(C(C)(C)BS)C(C)(C)C(C)C. The summed E-state index contributed by atoms with van der Waals surface area (Å²) >= 11 is 6.73. The van der Waals surface area contributed by atoms with Crippen molar-refractivity contribution in [2.45, 2.75) is 77.8 Å². The number of rotatable bonds is 8. The summed E-state index contributed by atoms with van der Waals surface area (Å²) in [5.74, 6) is 0.681. The van der Waals surface area contributed by atoms with E-state index in [9.17, 15) is 0 Å². The predicted octanol–water partition coefficient (Wildman–Crippen LogP) is 5.44. The van der Waals surface area contributed by atoms with Crippen molar-refractivity contribution in [3.8, 4) is 0 Å². The van der Waals surface area contributed by atoms with Crippen molar-refractivity contribution in [1.82, 2.24) is 0 Å². The standard InChI is InChI=1S/C15H33BS2/c1-9-10-11-15(18-8,14(6,7)16-17)13(4,5)12(2)3/h12,16-17H,9-11H2,1-8H3. The van der Waals surface area contributed by atoms with E-state index in [1.54, 1.807) is 0 Å². The van der Waals surface area contributed by atoms with Gasteiger partial charge in [0, 0.05) is 4.75 Å². The molecule has 0 aliphatic rings. The quantitative estimate of drug-likeness (QED) is 0.458. The fraction of sp³-hybridized carbons (Fsp3) is 1.00. The first-order valence-corrected chi connectivity index (χ1v) is 9.14. The van der Waals surface area contributed by atoms with Gasteiger partial charge in [0.15, 0.2) is 6.56 Å². The van der Waals surface area contributed by atoms with Crippen molar-refractivity contribution < 1.29 is 0 Å². The summed E-state index contributed by atoms with van der Waals surface area (Å²) in [4.78, 5) is 0. The Morgan fingerprint density at radius 1 is 1.17 bits per heavy atom. The minimum atomic E-state index is 0.248. The van der Waals surface area contributed by atoms with Crippen molar-refractivity contribution in [3.63, 3.8) is 0 Å². The second-order valence-electron chi connectivity index (χ2n) is 7.05. The van der Waals surface area contributed by atoms with Gasteiger partial charge in [0.25, 0.3) is 0 Å². The fourth-order valence-corrected chi connectivity index (χ4v) is 5.31. The van der Waals surface area contributed by atoms with Crippen LogP contribution in [0.1, 0.15) is 67.7 Å². The van der Waals surface area contributed by atoms with E-state index in [1.165, 1.54) is 19.3 Å². The third-order valence-electron chi connectivity index (χ3n) is 5.20. The first-order chi connectivity index (χ1) is 8.13. The Kier molecular flexibility index (Phi) is 7.27. The maximum atomic E-state index is 4.66. The lowest BCUT2D eigenvalue weighted by atomic mass is 9.50. The Labute approximate surface area is 126 Å². The first kappa shape index (κ1) is 18.8. The molecule has 0 aliphatic carbocycles. The van der Waals surface area contributed by atoms with Crippen molar-refractivity contribution >= 4 is 30.8 Å². The molecule has 0 aliphatic heterocycles. The molecule has 0 radical (unpaired) electrons. The maximum Gasteiger partial charge on any atom is 0.194 e. The molecule has 0 aromatic rings. The Hall–Kier alpha value is 0.765. The molecule has 0 aromatic heterocycles. The van der Waals surface area contributed by atoms with Crippen LogP contribution in [0.4, 0.5) is 0 Å². The first-order valence-electron chi connectivity index (χ1n) is 7.29. The summed E-state index contributed by atoms with van der Waals surface area (Å²) in [6.45, 7) is 17.7. The van der Waals surface area contributed by atoms with Crippen LogP contribution in [-0.2, 0) is 0 Å². The summed E-state index contributed by atoms with van der Waals surface area (Å²) in [6, 6.07) is 0. The second kappa shape index (κ2) is 6.97. The Bertz CT molecular complexity index is 249. The van der Waals surface area contributed by atoms with Gasteiger partial charge in [-0.05, 0) is 29.3 Å². The number of hydrogen-bond acceptors (Lipinski definition) is 2. The van der Waals surface area contributed by atoms with Crippen molar-refractivity contribution in [3.05, 3.63) is 0 Å². The number of thiol groups is 1. The zero-order valence-electron chi connectivity index (χ0n) is 13.8. The lowest BCUT2D eigenvalue weighted by molar-refractivity contribution is 0.127. The summed E-state index contributed by atoms with van der Waals surface area (Å²) in [7, 11) is 0. The zero-order chi connectivity index (χ0) is 14.6. The topological polar surface area (TPSA) is 0 Å². The smallest absolute Gasteiger partial charge is 0.194 e. The molecule has 0 bridgehead atoms. The highest BCUT2D eigenvalue weighted by molar-refractivity contribution is 8.07. The van der Waals surface area contributed by atoms with Crippen LogP contribution in [0.2, 0.25) is 5.31 Å². The van der Waals surface area contributed by atoms with E-state index in [1.807, 2.05) is 0 Å². The van der Waals surface area contributed by atoms with Gasteiger partial charge in [-0.3, -0.25) is 0 Å². The molecule has 0 rings (SSSR count). The maximum absolute atomic E-state index is 4.66. The van der Waals surface area contributed by atoms with Gasteiger partial charge >= 0.3 is 0 Å². The highest BCUT2D eigenvalue weighted by atomic mass is 32.2. The molecule has 0 saturated carbocycles. The summed E-state index contributed by atoms with van der Waals surface area (Å²) in [5.41, 5.74) is 0.313. The predicted molar refractivity (Wildman–Crippen MR) is 94.6 cm³/mol. The largest absolute Gasteiger partial charge is 0.231 e. The van der Waals surface area contributed by atoms with E-state index >= 15 is 0 Å². The van der Waals surface area contributed by atoms with E-state index in [0.29, 0.717) is 16.1 Å². The molecular formula is C15H33BS2. The van der Waals surface area contributed by atoms with E-state index in [0.717, 1.165) is 6.56 Å². The van der Waals surface area contributed by atoms with E-state index < -0.39 is 0 Å². The van der Waals surface area contributed by atoms with Gasteiger partial charge in [0.05, 0.1) is 0 Å². The van der Waals surface area contributed by atoms with Crippen LogP contribution in [0.5, 0.6) is 0 Å². The monoisotopic (exact) mass is 288 g/mol. The molecule has 1 atom stereocenters. The zero-order valence-corrected chi connectivity index (χ0v) is 15.5. The van der Waals surface area contributed by atoms with Gasteiger partial charge in [-0.2, -0.15) is 11.8 Å². The number of hydrogen-bond donors (Lipinski definition) is 1. The average molecular weight is 288 g/mol. The van der Waals surface area contributed by atoms with Gasteiger partial charge < -0.3 is 0 Å². The molecule has 0 nitrogen and oxygen atoms in total. The molecule has 108 valence electrons. The lowest BCUT2D eigenvalue weighted by Crippen LogP contribution is -2.53. The van der Waals surface area contributed by atoms with Crippen LogP contribution < -0.4 is 0 Å². The van der Waals surface area contributed by atoms with Gasteiger partial charge in [-0.15, -0.1) is 0 Å². The molecule has 0 spiro atoms. The highest BCUT2D eigenvalue weighted by Crippen LogP contribution is 2.61. The molecular weight excluding hydrogens is 255 g/mol. The minimum Gasteiger partial charge on any atom is -0.231 e. The van der Waals surface area contributed by atoms with Crippen LogP contribution in [0.25, 0.3) is 0 Å². The summed E-state index contributed by atoms with van der Waals surface area (Å²) in [5, 5.41) is 0.248. The highest BCUT2D eigenvalue weighted by Gasteiger charge is 2.54. The van der Waals surface area contributed by atoms with Crippen molar-refractivity contribution in [2.75, 3.05) is 6.26 Å². The second-order valence-corrected chi connectivity index (χ2v) is 8.47. The summed E-state index contributed by atoms with van der Waals surface area (Å²) in [6.07, 6.45) is 6.18. The number of unbranched alkanes of at least 4 members (excludes halogenated alkanes) is 1. The third-order valence-corrected chi connectivity index (χ3v) is 7.97. The van der Waals surface area contributed by atoms with Crippen LogP contribution in [0, 0.1) is 11.3 Å². The Balaban J connectivity index is 5.64. The van der Waals surface area contributed by atoms with E-state index in [4.69, 9.17) is 0 Å². The average Bonchev–Trinajstić information content (AvgIpc) is 2.29. The molecule has 18 heavy (non-hydrogen) atoms. The molecule has 0 fully saturated rings. The van der Waals surface area contributed by atoms with Crippen LogP contribution >= 0.6 is 24.2 Å². The van der Waals surface area contributed by atoms with Gasteiger partial charge in [0.2, 0.25) is 0 Å². The Morgan fingerprint density at radius 3 is 1.94 bits per heavy atom. The molecule has 0 N–H and O–H groups in total. The van der Waals surface area contributed by atoms with Crippen molar-refractivity contribution in [1.29, 1.82) is 0 Å². The molecule has 3 heteroatoms. The van der Waals surface area contributed by atoms with E-state index in [-0.39, 0.29) is 5.31 Å². The fourth-order valence-electron chi connectivity index (χ4n) is 3.19. The minimum absolute atomic E-state index is 0.248. The molecule has 1 unspecified atom stereocenters. The van der Waals surface area contributed by atoms with Gasteiger partial charge in [-0.25, -0.2) is 12.5 Å². The molecule has 0 heterocycles. The molecule has 0 aromatic carbocycles. The van der Waals surface area contributed by atoms with E-state index in [2.05, 4.69) is 79.0 Å². The third kappa shape index (κ3) is 3.26. The van der Waals surface area contributed by atoms with Crippen molar-refractivity contribution in [2.24, 2.45) is 11.3 Å². The van der Waals surface area contributed by atoms with Crippen LogP contribution in [0.3, 0.4) is 0 Å². The summed E-state index contributed by atoms with van der Waals surface area (Å²) < 4.78 is 0.298. The van der Waals surface area contributed by atoms with Crippen LogP contribution in [0.15, 0.2) is 0 Å². The molecule has 0 amide bonds. The van der Waals surface area contributed by atoms with Gasteiger partial charge in [0.1, 0.15) is 0 Å². The number of thioether (sulfide) groups is 1. The lowest BCUT2D eigenvalue weighted by Gasteiger charge is -2.57. The molecule has 0 saturated heterocycles.